The number of aromatic nitrogens is 5. The second-order valence-corrected chi connectivity index (χ2v) is 8.26. The molecular formula is C22H25N7O3. The zero-order valence-corrected chi connectivity index (χ0v) is 18.0. The van der Waals surface area contributed by atoms with Crippen molar-refractivity contribution in [3.8, 4) is 23.0 Å². The van der Waals surface area contributed by atoms with E-state index < -0.39 is 6.09 Å². The van der Waals surface area contributed by atoms with Gasteiger partial charge in [0, 0.05) is 37.6 Å². The molecule has 2 aliphatic heterocycles. The first kappa shape index (κ1) is 20.2. The molecule has 3 atom stereocenters. The summed E-state index contributed by atoms with van der Waals surface area (Å²) in [4.78, 5) is 19.9. The molecule has 2 fully saturated rings. The molecule has 10 heteroatoms. The monoisotopic (exact) mass is 435 g/mol. The second-order valence-electron chi connectivity index (χ2n) is 8.26. The molecule has 2 bridgehead atoms. The van der Waals surface area contributed by atoms with Gasteiger partial charge in [-0.2, -0.15) is 5.10 Å². The van der Waals surface area contributed by atoms with Crippen LogP contribution in [-0.2, 0) is 0 Å². The molecule has 5 rings (SSSR count). The smallest absolute Gasteiger partial charge is 0.407 e. The Bertz CT molecular complexity index is 1090. The topological polar surface area (TPSA) is 110 Å². The van der Waals surface area contributed by atoms with E-state index in [0.29, 0.717) is 17.3 Å². The molecule has 166 valence electrons. The van der Waals surface area contributed by atoms with Gasteiger partial charge in [-0.1, -0.05) is 0 Å². The summed E-state index contributed by atoms with van der Waals surface area (Å²) in [7, 11) is 3.58. The summed E-state index contributed by atoms with van der Waals surface area (Å²) in [6, 6.07) is 9.86. The highest BCUT2D eigenvalue weighted by Crippen LogP contribution is 2.38. The van der Waals surface area contributed by atoms with Gasteiger partial charge in [-0.05, 0) is 56.0 Å². The number of nitrogens with zero attached hydrogens (tertiary/aromatic N) is 7. The van der Waals surface area contributed by atoms with Crippen LogP contribution in [0.5, 0.6) is 5.88 Å². The van der Waals surface area contributed by atoms with Crippen molar-refractivity contribution < 1.29 is 14.6 Å². The van der Waals surface area contributed by atoms with Crippen LogP contribution in [0.3, 0.4) is 0 Å². The van der Waals surface area contributed by atoms with Gasteiger partial charge in [-0.25, -0.2) is 14.5 Å². The Balaban J connectivity index is 1.33. The maximum Gasteiger partial charge on any atom is 0.407 e. The Hall–Kier alpha value is -3.69. The molecule has 0 radical (unpaired) electrons. The normalized spacial score (nSPS) is 22.1. The molecule has 3 aromatic rings. The summed E-state index contributed by atoms with van der Waals surface area (Å²) in [5.41, 5.74) is 2.05. The lowest BCUT2D eigenvalue weighted by atomic mass is 9.96. The molecule has 1 unspecified atom stereocenters. The van der Waals surface area contributed by atoms with Gasteiger partial charge >= 0.3 is 6.09 Å². The van der Waals surface area contributed by atoms with E-state index in [2.05, 4.69) is 25.2 Å². The lowest BCUT2D eigenvalue weighted by Crippen LogP contribution is -2.51. The molecule has 0 saturated carbocycles. The number of piperidine rings is 1. The Morgan fingerprint density at radius 2 is 1.88 bits per heavy atom. The lowest BCUT2D eigenvalue weighted by molar-refractivity contribution is 0.0965. The number of pyridine rings is 1. The van der Waals surface area contributed by atoms with E-state index in [1.54, 1.807) is 22.9 Å². The van der Waals surface area contributed by atoms with Crippen molar-refractivity contribution in [2.24, 2.45) is 0 Å². The fourth-order valence-corrected chi connectivity index (χ4v) is 4.93. The van der Waals surface area contributed by atoms with Crippen LogP contribution < -0.4 is 9.64 Å². The molecule has 0 aliphatic carbocycles. The molecule has 0 aromatic carbocycles. The first-order chi connectivity index (χ1) is 15.5. The fourth-order valence-electron chi connectivity index (χ4n) is 4.93. The minimum absolute atomic E-state index is 0.0934. The van der Waals surface area contributed by atoms with Gasteiger partial charge < -0.3 is 19.6 Å². The molecule has 5 heterocycles. The minimum Gasteiger partial charge on any atom is -0.479 e. The average Bonchev–Trinajstić information content (AvgIpc) is 3.44. The number of methoxy groups -OCH3 is 1. The Morgan fingerprint density at radius 3 is 2.47 bits per heavy atom. The maximum atomic E-state index is 11.5. The van der Waals surface area contributed by atoms with Crippen molar-refractivity contribution >= 4 is 11.9 Å². The average molecular weight is 435 g/mol. The minimum atomic E-state index is -0.802. The number of amides is 1. The number of hydrogen-bond acceptors (Lipinski definition) is 7. The SMILES string of the molecule is COc1nc(-c2ccc(N(C)C3C[C@H]4CC[C@@H](C3)N4C(=O)O)nn2)ccc1-n1cccn1. The van der Waals surface area contributed by atoms with Crippen LogP contribution >= 0.6 is 0 Å². The number of ether oxygens (including phenoxy) is 1. The van der Waals surface area contributed by atoms with Gasteiger partial charge in [0.15, 0.2) is 5.82 Å². The number of carboxylic acid groups (broad SMARTS) is 1. The zero-order chi connectivity index (χ0) is 22.2. The summed E-state index contributed by atoms with van der Waals surface area (Å²) in [6.07, 6.45) is 6.24. The van der Waals surface area contributed by atoms with Crippen LogP contribution in [0.2, 0.25) is 0 Å². The van der Waals surface area contributed by atoms with Crippen LogP contribution in [0.15, 0.2) is 42.7 Å². The van der Waals surface area contributed by atoms with Gasteiger partial charge in [0.1, 0.15) is 11.4 Å². The highest BCUT2D eigenvalue weighted by molar-refractivity contribution is 5.67. The second kappa shape index (κ2) is 8.10. The maximum absolute atomic E-state index is 11.5. The van der Waals surface area contributed by atoms with E-state index in [-0.39, 0.29) is 18.1 Å². The van der Waals surface area contributed by atoms with Crippen molar-refractivity contribution in [3.05, 3.63) is 42.7 Å². The molecule has 3 aromatic heterocycles. The van der Waals surface area contributed by atoms with Gasteiger partial charge in [0.2, 0.25) is 5.88 Å². The fraction of sp³-hybridized carbons (Fsp3) is 0.409. The first-order valence-corrected chi connectivity index (χ1v) is 10.7. The summed E-state index contributed by atoms with van der Waals surface area (Å²) in [5, 5.41) is 22.5. The molecule has 1 amide bonds. The van der Waals surface area contributed by atoms with Crippen molar-refractivity contribution in [2.45, 2.75) is 43.8 Å². The third-order valence-corrected chi connectivity index (χ3v) is 6.54. The highest BCUT2D eigenvalue weighted by Gasteiger charge is 2.44. The third kappa shape index (κ3) is 3.51. The number of hydrogen-bond donors (Lipinski definition) is 1. The van der Waals surface area contributed by atoms with E-state index in [9.17, 15) is 9.90 Å². The summed E-state index contributed by atoms with van der Waals surface area (Å²) in [6.45, 7) is 0. The quantitative estimate of drug-likeness (QED) is 0.652. The predicted octanol–water partition coefficient (Wildman–Crippen LogP) is 2.84. The Morgan fingerprint density at radius 1 is 1.12 bits per heavy atom. The van der Waals surface area contributed by atoms with E-state index in [1.165, 1.54) is 0 Å². The highest BCUT2D eigenvalue weighted by atomic mass is 16.5. The standard InChI is InChI=1S/C22H25N7O3/c1-27(16-12-14-4-5-15(13-16)29(14)22(30)31)20-9-7-18(25-26-20)17-6-8-19(21(24-17)32-2)28-11-3-10-23-28/h3,6-11,14-16H,4-5,12-13H2,1-2H3,(H,30,31)/t14-,15+,16?. The molecule has 2 saturated heterocycles. The molecule has 10 nitrogen and oxygen atoms in total. The van der Waals surface area contributed by atoms with Crippen LogP contribution in [0.25, 0.3) is 17.1 Å². The molecule has 32 heavy (non-hydrogen) atoms. The van der Waals surface area contributed by atoms with Crippen LogP contribution in [0.4, 0.5) is 10.6 Å². The zero-order valence-electron chi connectivity index (χ0n) is 18.0. The van der Waals surface area contributed by atoms with Crippen LogP contribution in [0, 0.1) is 0 Å². The van der Waals surface area contributed by atoms with Crippen molar-refractivity contribution in [3.63, 3.8) is 0 Å². The number of carbonyl (C=O) groups is 1. The summed E-state index contributed by atoms with van der Waals surface area (Å²) in [5.74, 6) is 1.22. The van der Waals surface area contributed by atoms with Gasteiger partial charge in [-0.3, -0.25) is 0 Å². The van der Waals surface area contributed by atoms with Crippen molar-refractivity contribution in [1.29, 1.82) is 0 Å². The first-order valence-electron chi connectivity index (χ1n) is 10.7. The van der Waals surface area contributed by atoms with Crippen molar-refractivity contribution in [2.75, 3.05) is 19.1 Å². The van der Waals surface area contributed by atoms with E-state index in [4.69, 9.17) is 4.74 Å². The van der Waals surface area contributed by atoms with E-state index in [0.717, 1.165) is 37.2 Å². The van der Waals surface area contributed by atoms with Gasteiger partial charge in [0.25, 0.3) is 0 Å². The Kier molecular flexibility index (Phi) is 5.12. The summed E-state index contributed by atoms with van der Waals surface area (Å²) >= 11 is 0. The molecule has 1 N–H and O–H groups in total. The molecular weight excluding hydrogens is 410 g/mol. The number of rotatable bonds is 5. The van der Waals surface area contributed by atoms with Gasteiger partial charge in [0.05, 0.1) is 12.8 Å². The Labute approximate surface area is 185 Å². The van der Waals surface area contributed by atoms with Gasteiger partial charge in [-0.15, -0.1) is 10.2 Å². The van der Waals surface area contributed by atoms with Crippen LogP contribution in [-0.4, -0.2) is 73.3 Å². The third-order valence-electron chi connectivity index (χ3n) is 6.54. The van der Waals surface area contributed by atoms with Crippen LogP contribution in [0.1, 0.15) is 25.7 Å². The molecule has 2 aliphatic rings. The van der Waals surface area contributed by atoms with E-state index >= 15 is 0 Å². The predicted molar refractivity (Wildman–Crippen MR) is 117 cm³/mol. The largest absolute Gasteiger partial charge is 0.479 e. The number of fused-ring (bicyclic) bond motifs is 2. The lowest BCUT2D eigenvalue weighted by Gasteiger charge is -2.41. The van der Waals surface area contributed by atoms with E-state index in [1.807, 2.05) is 43.6 Å². The van der Waals surface area contributed by atoms with Crippen molar-refractivity contribution in [1.82, 2.24) is 29.9 Å². The summed E-state index contributed by atoms with van der Waals surface area (Å²) < 4.78 is 7.15. The molecule has 0 spiro atoms. The number of anilines is 1.